The van der Waals surface area contributed by atoms with Crippen molar-refractivity contribution in [3.8, 4) is 11.7 Å². The van der Waals surface area contributed by atoms with E-state index in [1.807, 2.05) is 11.8 Å². The van der Waals surface area contributed by atoms with Gasteiger partial charge in [-0.25, -0.2) is 14.4 Å². The molecule has 1 saturated heterocycles. The summed E-state index contributed by atoms with van der Waals surface area (Å²) in [5.41, 5.74) is 0.915. The Kier molecular flexibility index (Phi) is 5.94. The fourth-order valence-electron chi connectivity index (χ4n) is 4.28. The molecule has 1 atom stereocenters. The molecule has 4 heterocycles. The van der Waals surface area contributed by atoms with Crippen LogP contribution in [0, 0.1) is 12.7 Å². The minimum absolute atomic E-state index is 0.113. The Balaban J connectivity index is 1.42. The lowest BCUT2D eigenvalue weighted by Crippen LogP contribution is -2.36. The third kappa shape index (κ3) is 4.11. The van der Waals surface area contributed by atoms with Gasteiger partial charge in [-0.1, -0.05) is 28.6 Å². The highest BCUT2D eigenvalue weighted by Gasteiger charge is 2.33. The Bertz CT molecular complexity index is 1410. The van der Waals surface area contributed by atoms with Gasteiger partial charge in [-0.3, -0.25) is 14.2 Å². The van der Waals surface area contributed by atoms with Crippen LogP contribution in [0.3, 0.4) is 0 Å². The predicted octanol–water partition coefficient (Wildman–Crippen LogP) is 3.54. The lowest BCUT2D eigenvalue weighted by molar-refractivity contribution is -0.120. The molecule has 1 aliphatic heterocycles. The number of Topliss-reactive ketones (excluding diaryl/α,β-unsaturated/α-hetero) is 1. The topological polar surface area (TPSA) is 107 Å². The van der Waals surface area contributed by atoms with Crippen molar-refractivity contribution in [2.45, 2.75) is 52.1 Å². The SMILES string of the molecule is CCn1c(-c2nc(C)no2)nc2sc(N3CCC[C@@H]3C(=O)CCc3ccc(F)cc3)nc2c1=O. The maximum atomic E-state index is 13.2. The van der Waals surface area contributed by atoms with Crippen molar-refractivity contribution in [1.29, 1.82) is 0 Å². The molecule has 11 heteroatoms. The third-order valence-electron chi connectivity index (χ3n) is 5.99. The molecule has 0 saturated carbocycles. The normalized spacial score (nSPS) is 16.0. The van der Waals surface area contributed by atoms with Crippen molar-refractivity contribution in [2.75, 3.05) is 11.4 Å². The molecule has 176 valence electrons. The Morgan fingerprint density at radius 3 is 2.74 bits per heavy atom. The van der Waals surface area contributed by atoms with Gasteiger partial charge in [-0.2, -0.15) is 4.98 Å². The summed E-state index contributed by atoms with van der Waals surface area (Å²) < 4.78 is 19.8. The van der Waals surface area contributed by atoms with E-state index in [0.717, 1.165) is 18.4 Å². The van der Waals surface area contributed by atoms with E-state index in [2.05, 4.69) is 20.1 Å². The Morgan fingerprint density at radius 1 is 1.24 bits per heavy atom. The first-order chi connectivity index (χ1) is 16.4. The van der Waals surface area contributed by atoms with Gasteiger partial charge in [0.2, 0.25) is 5.82 Å². The number of carbonyl (C=O) groups is 1. The minimum Gasteiger partial charge on any atom is -0.338 e. The molecule has 0 amide bonds. The van der Waals surface area contributed by atoms with Gasteiger partial charge in [0, 0.05) is 19.5 Å². The first kappa shape index (κ1) is 22.3. The van der Waals surface area contributed by atoms with Crippen molar-refractivity contribution >= 4 is 32.6 Å². The zero-order valence-electron chi connectivity index (χ0n) is 18.8. The molecule has 34 heavy (non-hydrogen) atoms. The first-order valence-corrected chi connectivity index (χ1v) is 12.0. The molecule has 3 aromatic heterocycles. The summed E-state index contributed by atoms with van der Waals surface area (Å²) in [6.07, 6.45) is 2.51. The molecular weight excluding hydrogens is 459 g/mol. The van der Waals surface area contributed by atoms with Crippen molar-refractivity contribution in [1.82, 2.24) is 24.7 Å². The summed E-state index contributed by atoms with van der Waals surface area (Å²) in [7, 11) is 0. The Hall–Kier alpha value is -3.47. The van der Waals surface area contributed by atoms with E-state index < -0.39 is 0 Å². The molecule has 0 aliphatic carbocycles. The van der Waals surface area contributed by atoms with Crippen molar-refractivity contribution in [2.24, 2.45) is 0 Å². The van der Waals surface area contributed by atoms with Gasteiger partial charge < -0.3 is 9.42 Å². The van der Waals surface area contributed by atoms with E-state index in [1.165, 1.54) is 28.0 Å². The van der Waals surface area contributed by atoms with Crippen LogP contribution < -0.4 is 10.5 Å². The number of ketones is 1. The maximum absolute atomic E-state index is 13.2. The number of fused-ring (bicyclic) bond motifs is 1. The summed E-state index contributed by atoms with van der Waals surface area (Å²) in [5.74, 6) is 0.770. The van der Waals surface area contributed by atoms with Crippen LogP contribution in [-0.4, -0.2) is 43.0 Å². The van der Waals surface area contributed by atoms with E-state index in [-0.39, 0.29) is 34.6 Å². The second-order valence-electron chi connectivity index (χ2n) is 8.23. The summed E-state index contributed by atoms with van der Waals surface area (Å²) in [4.78, 5) is 42.1. The zero-order valence-corrected chi connectivity index (χ0v) is 19.6. The molecule has 0 unspecified atom stereocenters. The van der Waals surface area contributed by atoms with E-state index in [9.17, 15) is 14.0 Å². The summed E-state index contributed by atoms with van der Waals surface area (Å²) in [6.45, 7) is 4.60. The van der Waals surface area contributed by atoms with Crippen LogP contribution in [0.25, 0.3) is 22.1 Å². The van der Waals surface area contributed by atoms with Gasteiger partial charge in [-0.15, -0.1) is 0 Å². The number of hydrogen-bond acceptors (Lipinski definition) is 9. The number of halogens is 1. The lowest BCUT2D eigenvalue weighted by Gasteiger charge is -2.22. The number of anilines is 1. The van der Waals surface area contributed by atoms with Crippen LogP contribution in [0.15, 0.2) is 33.6 Å². The number of aryl methyl sites for hydroxylation is 2. The molecule has 0 bridgehead atoms. The highest BCUT2D eigenvalue weighted by Crippen LogP contribution is 2.33. The molecule has 4 aromatic rings. The number of benzene rings is 1. The smallest absolute Gasteiger partial charge is 0.294 e. The van der Waals surface area contributed by atoms with Crippen molar-refractivity contribution < 1.29 is 13.7 Å². The Labute approximate surface area is 198 Å². The van der Waals surface area contributed by atoms with Gasteiger partial charge in [-0.05, 0) is 50.8 Å². The second kappa shape index (κ2) is 9.05. The van der Waals surface area contributed by atoms with Crippen molar-refractivity contribution in [3.05, 3.63) is 51.8 Å². The molecule has 5 rings (SSSR count). The standard InChI is InChI=1S/C23H23FN6O3S/c1-3-29-19(20-25-13(2)28-33-20)27-21-18(22(29)32)26-23(34-21)30-12-4-5-16(30)17(31)11-8-14-6-9-15(24)10-7-14/h6-7,9-10,16H,3-5,8,11-12H2,1-2H3/t16-/m1/s1. The number of thiazole rings is 1. The number of hydrogen-bond donors (Lipinski definition) is 0. The molecule has 1 aromatic carbocycles. The summed E-state index contributed by atoms with van der Waals surface area (Å²) in [5, 5.41) is 4.41. The van der Waals surface area contributed by atoms with Gasteiger partial charge in [0.15, 0.2) is 27.1 Å². The van der Waals surface area contributed by atoms with E-state index >= 15 is 0 Å². The highest BCUT2D eigenvalue weighted by atomic mass is 32.1. The number of aromatic nitrogens is 5. The van der Waals surface area contributed by atoms with Crippen LogP contribution in [0.5, 0.6) is 0 Å². The molecule has 0 radical (unpaired) electrons. The van der Waals surface area contributed by atoms with Crippen LogP contribution >= 0.6 is 11.3 Å². The number of nitrogens with zero attached hydrogens (tertiary/aromatic N) is 6. The zero-order chi connectivity index (χ0) is 23.8. The molecule has 1 aliphatic rings. The first-order valence-electron chi connectivity index (χ1n) is 11.2. The number of rotatable bonds is 7. The monoisotopic (exact) mass is 482 g/mol. The van der Waals surface area contributed by atoms with Gasteiger partial charge in [0.05, 0.1) is 6.04 Å². The lowest BCUT2D eigenvalue weighted by atomic mass is 10.0. The van der Waals surface area contributed by atoms with Crippen molar-refractivity contribution in [3.63, 3.8) is 0 Å². The molecule has 1 fully saturated rings. The summed E-state index contributed by atoms with van der Waals surface area (Å²) >= 11 is 1.29. The fraction of sp³-hybridized carbons (Fsp3) is 0.391. The quantitative estimate of drug-likeness (QED) is 0.394. The van der Waals surface area contributed by atoms with Crippen LogP contribution in [0.1, 0.15) is 37.6 Å². The molecule has 0 N–H and O–H groups in total. The predicted molar refractivity (Wildman–Crippen MR) is 125 cm³/mol. The molecule has 0 spiro atoms. The summed E-state index contributed by atoms with van der Waals surface area (Å²) in [6, 6.07) is 5.92. The Morgan fingerprint density at radius 2 is 2.03 bits per heavy atom. The maximum Gasteiger partial charge on any atom is 0.294 e. The fourth-order valence-corrected chi connectivity index (χ4v) is 5.29. The van der Waals surface area contributed by atoms with Crippen LogP contribution in [0.4, 0.5) is 9.52 Å². The average molecular weight is 483 g/mol. The third-order valence-corrected chi connectivity index (χ3v) is 6.97. The molecular formula is C23H23FN6O3S. The van der Waals surface area contributed by atoms with Gasteiger partial charge >= 0.3 is 0 Å². The molecule has 9 nitrogen and oxygen atoms in total. The van der Waals surface area contributed by atoms with E-state index in [1.54, 1.807) is 19.1 Å². The highest BCUT2D eigenvalue weighted by molar-refractivity contribution is 7.21. The average Bonchev–Trinajstić information content (AvgIpc) is 3.57. The largest absolute Gasteiger partial charge is 0.338 e. The van der Waals surface area contributed by atoms with E-state index in [4.69, 9.17) is 4.52 Å². The van der Waals surface area contributed by atoms with Crippen LogP contribution in [-0.2, 0) is 17.8 Å². The van der Waals surface area contributed by atoms with Gasteiger partial charge in [0.1, 0.15) is 5.82 Å². The second-order valence-corrected chi connectivity index (χ2v) is 9.18. The van der Waals surface area contributed by atoms with Gasteiger partial charge in [0.25, 0.3) is 11.4 Å². The van der Waals surface area contributed by atoms with E-state index in [0.29, 0.717) is 47.5 Å². The minimum atomic E-state index is -0.299. The number of carbonyl (C=O) groups excluding carboxylic acids is 1. The van der Waals surface area contributed by atoms with Crippen LogP contribution in [0.2, 0.25) is 0 Å².